The molecule has 0 aliphatic carbocycles. The minimum Gasteiger partial charge on any atom is -0.497 e. The van der Waals surface area contributed by atoms with Crippen molar-refractivity contribution < 1.29 is 4.74 Å². The van der Waals surface area contributed by atoms with Gasteiger partial charge in [0.05, 0.1) is 25.1 Å². The van der Waals surface area contributed by atoms with Crippen LogP contribution in [0.4, 0.5) is 5.69 Å². The van der Waals surface area contributed by atoms with E-state index in [9.17, 15) is 0 Å². The zero-order chi connectivity index (χ0) is 18.5. The van der Waals surface area contributed by atoms with E-state index in [1.807, 2.05) is 67.5 Å². The molecule has 0 saturated carbocycles. The van der Waals surface area contributed by atoms with Gasteiger partial charge >= 0.3 is 0 Å². The highest BCUT2D eigenvalue weighted by Gasteiger charge is 2.04. The molecule has 26 heavy (non-hydrogen) atoms. The van der Waals surface area contributed by atoms with E-state index in [2.05, 4.69) is 15.2 Å². The average molecular weight is 367 g/mol. The summed E-state index contributed by atoms with van der Waals surface area (Å²) >= 11 is 6.23. The summed E-state index contributed by atoms with van der Waals surface area (Å²) in [5.41, 5.74) is 3.61. The standard InChI is InChI=1S/C20H19ClN4O/c1-25(2)17-6-4-14(5-7-17)12-22-23-13-16-10-15-11-18(26-3)8-9-19(15)24-20(16)21/h4-13H,1-3H3/b22-12-,23-13+. The first-order valence-electron chi connectivity index (χ1n) is 8.05. The third-order valence-corrected chi connectivity index (χ3v) is 4.19. The van der Waals surface area contributed by atoms with Crippen molar-refractivity contribution >= 4 is 40.6 Å². The van der Waals surface area contributed by atoms with Gasteiger partial charge in [-0.3, -0.25) is 0 Å². The number of rotatable bonds is 5. The van der Waals surface area contributed by atoms with Crippen LogP contribution in [0.15, 0.2) is 58.7 Å². The summed E-state index contributed by atoms with van der Waals surface area (Å²) in [6.07, 6.45) is 3.29. The zero-order valence-corrected chi connectivity index (χ0v) is 15.6. The number of ether oxygens (including phenoxy) is 1. The van der Waals surface area contributed by atoms with Crippen molar-refractivity contribution in [2.75, 3.05) is 26.1 Å². The highest BCUT2D eigenvalue weighted by Crippen LogP contribution is 2.23. The van der Waals surface area contributed by atoms with Crippen LogP contribution in [-0.4, -0.2) is 38.6 Å². The summed E-state index contributed by atoms with van der Waals surface area (Å²) in [7, 11) is 5.64. The van der Waals surface area contributed by atoms with Crippen LogP contribution in [0.1, 0.15) is 11.1 Å². The third-order valence-electron chi connectivity index (χ3n) is 3.88. The SMILES string of the molecule is COc1ccc2nc(Cl)c(/C=N/N=C\c3ccc(N(C)C)cc3)cc2c1. The molecule has 1 aromatic heterocycles. The van der Waals surface area contributed by atoms with E-state index in [0.717, 1.165) is 27.9 Å². The van der Waals surface area contributed by atoms with Gasteiger partial charge in [-0.15, -0.1) is 0 Å². The van der Waals surface area contributed by atoms with E-state index in [-0.39, 0.29) is 0 Å². The lowest BCUT2D eigenvalue weighted by atomic mass is 10.1. The number of halogens is 1. The highest BCUT2D eigenvalue weighted by atomic mass is 35.5. The van der Waals surface area contributed by atoms with Gasteiger partial charge in [0.25, 0.3) is 0 Å². The molecule has 3 aromatic rings. The van der Waals surface area contributed by atoms with E-state index < -0.39 is 0 Å². The lowest BCUT2D eigenvalue weighted by Gasteiger charge is -2.11. The maximum Gasteiger partial charge on any atom is 0.138 e. The predicted octanol–water partition coefficient (Wildman–Crippen LogP) is 4.42. The molecular formula is C20H19ClN4O. The number of methoxy groups -OCH3 is 1. The van der Waals surface area contributed by atoms with Crippen LogP contribution in [0.25, 0.3) is 10.9 Å². The highest BCUT2D eigenvalue weighted by molar-refractivity contribution is 6.32. The van der Waals surface area contributed by atoms with Crippen molar-refractivity contribution in [3.63, 3.8) is 0 Å². The molecule has 0 spiro atoms. The first-order valence-corrected chi connectivity index (χ1v) is 8.43. The minimum atomic E-state index is 0.386. The number of nitrogens with zero attached hydrogens (tertiary/aromatic N) is 4. The van der Waals surface area contributed by atoms with Gasteiger partial charge in [-0.05, 0) is 42.0 Å². The van der Waals surface area contributed by atoms with Gasteiger partial charge in [0.15, 0.2) is 0 Å². The molecule has 0 unspecified atom stereocenters. The number of anilines is 1. The number of aromatic nitrogens is 1. The summed E-state index contributed by atoms with van der Waals surface area (Å²) in [5, 5.41) is 9.48. The van der Waals surface area contributed by atoms with E-state index in [0.29, 0.717) is 10.7 Å². The summed E-state index contributed by atoms with van der Waals surface area (Å²) in [6, 6.07) is 15.6. The first-order chi connectivity index (χ1) is 12.6. The largest absolute Gasteiger partial charge is 0.497 e. The summed E-state index contributed by atoms with van der Waals surface area (Å²) in [5.74, 6) is 0.767. The molecule has 0 fully saturated rings. The molecule has 0 aliphatic heterocycles. The van der Waals surface area contributed by atoms with Crippen molar-refractivity contribution in [3.05, 3.63) is 64.8 Å². The summed E-state index contributed by atoms with van der Waals surface area (Å²) in [4.78, 5) is 6.42. The molecule has 0 amide bonds. The predicted molar refractivity (Wildman–Crippen MR) is 109 cm³/mol. The molecule has 0 radical (unpaired) electrons. The average Bonchev–Trinajstić information content (AvgIpc) is 2.65. The van der Waals surface area contributed by atoms with E-state index in [1.54, 1.807) is 19.5 Å². The Bertz CT molecular complexity index is 965. The Morgan fingerprint density at radius 1 is 1.00 bits per heavy atom. The smallest absolute Gasteiger partial charge is 0.138 e. The maximum absolute atomic E-state index is 6.23. The molecule has 2 aromatic carbocycles. The van der Waals surface area contributed by atoms with Crippen LogP contribution < -0.4 is 9.64 Å². The van der Waals surface area contributed by atoms with Crippen LogP contribution in [0.2, 0.25) is 5.15 Å². The fourth-order valence-corrected chi connectivity index (χ4v) is 2.61. The minimum absolute atomic E-state index is 0.386. The molecule has 6 heteroatoms. The number of benzene rings is 2. The van der Waals surface area contributed by atoms with Gasteiger partial charge in [0.1, 0.15) is 10.9 Å². The molecule has 0 aliphatic rings. The Morgan fingerprint density at radius 2 is 1.73 bits per heavy atom. The lowest BCUT2D eigenvalue weighted by Crippen LogP contribution is -2.08. The van der Waals surface area contributed by atoms with Crippen LogP contribution in [-0.2, 0) is 0 Å². The zero-order valence-electron chi connectivity index (χ0n) is 14.8. The van der Waals surface area contributed by atoms with Crippen molar-refractivity contribution in [3.8, 4) is 5.75 Å². The summed E-state index contributed by atoms with van der Waals surface area (Å²) < 4.78 is 5.24. The molecule has 5 nitrogen and oxygen atoms in total. The second-order valence-corrected chi connectivity index (χ2v) is 6.26. The fourth-order valence-electron chi connectivity index (χ4n) is 2.42. The van der Waals surface area contributed by atoms with Gasteiger partial charge in [-0.2, -0.15) is 10.2 Å². The second-order valence-electron chi connectivity index (χ2n) is 5.90. The normalized spacial score (nSPS) is 11.5. The Balaban J connectivity index is 1.77. The summed E-state index contributed by atoms with van der Waals surface area (Å²) in [6.45, 7) is 0. The molecule has 0 N–H and O–H groups in total. The molecule has 0 saturated heterocycles. The van der Waals surface area contributed by atoms with Gasteiger partial charge < -0.3 is 9.64 Å². The molecule has 1 heterocycles. The van der Waals surface area contributed by atoms with E-state index >= 15 is 0 Å². The lowest BCUT2D eigenvalue weighted by molar-refractivity contribution is 0.415. The number of hydrogen-bond acceptors (Lipinski definition) is 5. The van der Waals surface area contributed by atoms with E-state index in [1.165, 1.54) is 0 Å². The Kier molecular flexibility index (Phi) is 5.49. The third kappa shape index (κ3) is 4.18. The second kappa shape index (κ2) is 7.97. The molecule has 0 atom stereocenters. The van der Waals surface area contributed by atoms with Crippen molar-refractivity contribution in [2.24, 2.45) is 10.2 Å². The van der Waals surface area contributed by atoms with Crippen LogP contribution in [0, 0.1) is 0 Å². The topological polar surface area (TPSA) is 50.1 Å². The van der Waals surface area contributed by atoms with Crippen molar-refractivity contribution in [1.82, 2.24) is 4.98 Å². The number of hydrogen-bond donors (Lipinski definition) is 0. The number of fused-ring (bicyclic) bond motifs is 1. The fraction of sp³-hybridized carbons (Fsp3) is 0.150. The number of pyridine rings is 1. The molecular weight excluding hydrogens is 348 g/mol. The van der Waals surface area contributed by atoms with Crippen molar-refractivity contribution in [1.29, 1.82) is 0 Å². The van der Waals surface area contributed by atoms with Gasteiger partial charge in [-0.1, -0.05) is 23.7 Å². The monoisotopic (exact) mass is 366 g/mol. The van der Waals surface area contributed by atoms with Crippen LogP contribution in [0.3, 0.4) is 0 Å². The Morgan fingerprint density at radius 3 is 2.42 bits per heavy atom. The maximum atomic E-state index is 6.23. The van der Waals surface area contributed by atoms with Crippen LogP contribution in [0.5, 0.6) is 5.75 Å². The first kappa shape index (κ1) is 17.9. The van der Waals surface area contributed by atoms with Gasteiger partial charge in [-0.25, -0.2) is 4.98 Å². The Labute approximate surface area is 157 Å². The Hall–Kier alpha value is -2.92. The molecule has 132 valence electrons. The molecule has 0 bridgehead atoms. The van der Waals surface area contributed by atoms with Crippen molar-refractivity contribution in [2.45, 2.75) is 0 Å². The molecule has 3 rings (SSSR count). The quantitative estimate of drug-likeness (QED) is 0.381. The van der Waals surface area contributed by atoms with E-state index in [4.69, 9.17) is 16.3 Å². The van der Waals surface area contributed by atoms with Gasteiger partial charge in [0.2, 0.25) is 0 Å². The van der Waals surface area contributed by atoms with Crippen LogP contribution >= 0.6 is 11.6 Å². The van der Waals surface area contributed by atoms with Gasteiger partial charge in [0, 0.05) is 30.7 Å².